The third kappa shape index (κ3) is 15.9. The molecule has 0 saturated heterocycles. The quantitative estimate of drug-likeness (QED) is 0.159. The average Bonchev–Trinajstić information content (AvgIpc) is 3.34. The molecule has 16 heteroatoms. The van der Waals surface area contributed by atoms with Crippen LogP contribution in [0, 0.1) is 0 Å². The zero-order chi connectivity index (χ0) is 45.4. The molecule has 348 valence electrons. The Balaban J connectivity index is 0.869. The van der Waals surface area contributed by atoms with Gasteiger partial charge in [-0.3, -0.25) is 0 Å². The second-order valence-corrected chi connectivity index (χ2v) is 14.6. The standard InChI is InChI=1S/C50H54N2O14/c53-49(47-11-9-39-5-1-3-7-45(39)51-47)65-35-37-29-41-33-42(30-37)62-26-22-58-18-14-56-16-20-60-24-28-64-44-32-38(36-66-50(54)48-12-10-40-6-2-4-8-46(40)52-48)31-43(34-44)63-27-23-59-19-15-55-13-17-57-21-25-61-41/h1-12,29-34H,13-28,35-36H2. The average molecular weight is 907 g/mol. The summed E-state index contributed by atoms with van der Waals surface area (Å²) < 4.78 is 69.4. The first-order chi connectivity index (χ1) is 32.6. The Morgan fingerprint density at radius 3 is 1.02 bits per heavy atom. The van der Waals surface area contributed by atoms with Gasteiger partial charge < -0.3 is 56.8 Å². The molecule has 0 saturated carbocycles. The lowest BCUT2D eigenvalue weighted by Crippen LogP contribution is -2.15. The maximum Gasteiger partial charge on any atom is 0.357 e. The van der Waals surface area contributed by atoms with Crippen molar-refractivity contribution in [3.05, 3.63) is 132 Å². The van der Waals surface area contributed by atoms with Crippen molar-refractivity contribution in [3.63, 3.8) is 0 Å². The molecule has 1 aliphatic heterocycles. The molecule has 3 heterocycles. The number of carbonyl (C=O) groups excluding carboxylic acids is 2. The third-order valence-corrected chi connectivity index (χ3v) is 9.71. The minimum atomic E-state index is -0.540. The van der Waals surface area contributed by atoms with E-state index in [0.717, 1.165) is 10.8 Å². The van der Waals surface area contributed by atoms with Crippen LogP contribution >= 0.6 is 0 Å². The van der Waals surface area contributed by atoms with Crippen LogP contribution in [0.15, 0.2) is 109 Å². The molecule has 16 nitrogen and oxygen atoms in total. The van der Waals surface area contributed by atoms with Crippen LogP contribution in [0.5, 0.6) is 23.0 Å². The van der Waals surface area contributed by atoms with Gasteiger partial charge in [0.05, 0.1) is 90.3 Å². The predicted octanol–water partition coefficient (Wildman–Crippen LogP) is 6.83. The van der Waals surface area contributed by atoms with Crippen LogP contribution in [0.25, 0.3) is 21.8 Å². The first-order valence-corrected chi connectivity index (χ1v) is 21.9. The topological polar surface area (TPSA) is 171 Å². The van der Waals surface area contributed by atoms with Crippen LogP contribution in [0.3, 0.4) is 0 Å². The van der Waals surface area contributed by atoms with Crippen molar-refractivity contribution in [1.29, 1.82) is 0 Å². The fourth-order valence-electron chi connectivity index (χ4n) is 6.52. The summed E-state index contributed by atoms with van der Waals surface area (Å²) in [6, 6.07) is 32.8. The number of hydrogen-bond donors (Lipinski definition) is 0. The Hall–Kier alpha value is -6.40. The zero-order valence-corrected chi connectivity index (χ0v) is 36.7. The number of pyridine rings is 2. The van der Waals surface area contributed by atoms with Gasteiger partial charge in [0, 0.05) is 22.9 Å². The first kappa shape index (κ1) is 47.6. The normalized spacial score (nSPS) is 15.9. The third-order valence-electron chi connectivity index (χ3n) is 9.71. The van der Waals surface area contributed by atoms with Gasteiger partial charge in [-0.2, -0.15) is 0 Å². The molecule has 66 heavy (non-hydrogen) atoms. The van der Waals surface area contributed by atoms with E-state index in [1.807, 2.05) is 60.7 Å². The fraction of sp³-hybridized carbons (Fsp3) is 0.360. The smallest absolute Gasteiger partial charge is 0.357 e. The highest BCUT2D eigenvalue weighted by Gasteiger charge is 2.14. The van der Waals surface area contributed by atoms with E-state index in [-0.39, 0.29) is 51.0 Å². The Labute approximate surface area is 382 Å². The van der Waals surface area contributed by atoms with Crippen molar-refractivity contribution in [2.75, 3.05) is 106 Å². The van der Waals surface area contributed by atoms with E-state index in [9.17, 15) is 9.59 Å². The van der Waals surface area contributed by atoms with Crippen LogP contribution in [0.2, 0.25) is 0 Å². The molecule has 0 amide bonds. The van der Waals surface area contributed by atoms with Crippen LogP contribution < -0.4 is 18.9 Å². The van der Waals surface area contributed by atoms with E-state index in [0.29, 0.717) is 124 Å². The molecular weight excluding hydrogens is 853 g/mol. The molecule has 4 aromatic carbocycles. The Morgan fingerprint density at radius 1 is 0.379 bits per heavy atom. The summed E-state index contributed by atoms with van der Waals surface area (Å²) in [5, 5.41) is 1.87. The molecule has 0 radical (unpaired) electrons. The van der Waals surface area contributed by atoms with E-state index in [4.69, 9.17) is 56.8 Å². The van der Waals surface area contributed by atoms with Gasteiger partial charge in [-0.25, -0.2) is 19.6 Å². The maximum atomic E-state index is 12.9. The molecule has 0 fully saturated rings. The molecule has 0 N–H and O–H groups in total. The molecule has 2 aromatic heterocycles. The van der Waals surface area contributed by atoms with E-state index in [1.54, 1.807) is 48.5 Å². The summed E-state index contributed by atoms with van der Waals surface area (Å²) in [4.78, 5) is 34.7. The van der Waals surface area contributed by atoms with E-state index < -0.39 is 11.9 Å². The van der Waals surface area contributed by atoms with Crippen molar-refractivity contribution in [2.24, 2.45) is 0 Å². The number of hydrogen-bond acceptors (Lipinski definition) is 16. The lowest BCUT2D eigenvalue weighted by molar-refractivity contribution is 0.00430. The van der Waals surface area contributed by atoms with Crippen LogP contribution in [0.4, 0.5) is 0 Å². The monoisotopic (exact) mass is 906 g/mol. The largest absolute Gasteiger partial charge is 0.491 e. The second-order valence-electron chi connectivity index (χ2n) is 14.6. The Bertz CT molecular complexity index is 2220. The molecule has 0 aliphatic carbocycles. The number of ether oxygens (including phenoxy) is 12. The summed E-state index contributed by atoms with van der Waals surface area (Å²) >= 11 is 0. The summed E-state index contributed by atoms with van der Waals surface area (Å²) in [7, 11) is 0. The zero-order valence-electron chi connectivity index (χ0n) is 36.7. The molecule has 0 atom stereocenters. The SMILES string of the molecule is O=C(OCc1cc2cc(c1)OCCOCCOCCOCCOc1cc(COC(=O)c3ccc4ccccc4n3)cc(c1)OCCOCCOCCOCCO2)c1ccc2ccccc2n1. The van der Waals surface area contributed by atoms with Crippen molar-refractivity contribution >= 4 is 33.7 Å². The van der Waals surface area contributed by atoms with Crippen molar-refractivity contribution in [3.8, 4) is 23.0 Å². The van der Waals surface area contributed by atoms with Crippen molar-refractivity contribution < 1.29 is 66.4 Å². The maximum absolute atomic E-state index is 12.9. The van der Waals surface area contributed by atoms with Gasteiger partial charge in [-0.1, -0.05) is 48.5 Å². The number of para-hydroxylation sites is 2. The minimum absolute atomic E-state index is 0.0169. The van der Waals surface area contributed by atoms with Gasteiger partial charge in [0.1, 0.15) is 74.0 Å². The number of carbonyl (C=O) groups is 2. The summed E-state index contributed by atoms with van der Waals surface area (Å²) in [5.41, 5.74) is 3.21. The molecule has 1 aliphatic rings. The van der Waals surface area contributed by atoms with Crippen LogP contribution in [0.1, 0.15) is 32.1 Å². The van der Waals surface area contributed by atoms with E-state index in [2.05, 4.69) is 9.97 Å². The minimum Gasteiger partial charge on any atom is -0.491 e. The number of rotatable bonds is 6. The molecule has 0 unspecified atom stereocenters. The van der Waals surface area contributed by atoms with Gasteiger partial charge >= 0.3 is 11.9 Å². The van der Waals surface area contributed by atoms with Gasteiger partial charge in [0.15, 0.2) is 0 Å². The Morgan fingerprint density at radius 2 is 0.682 bits per heavy atom. The Kier molecular flexibility index (Phi) is 19.1. The number of nitrogens with zero attached hydrogens (tertiary/aromatic N) is 2. The highest BCUT2D eigenvalue weighted by molar-refractivity contribution is 5.91. The first-order valence-electron chi connectivity index (χ1n) is 21.9. The second kappa shape index (κ2) is 26.5. The molecule has 6 aromatic rings. The van der Waals surface area contributed by atoms with Crippen LogP contribution in [-0.2, 0) is 51.1 Å². The lowest BCUT2D eigenvalue weighted by Gasteiger charge is -2.14. The van der Waals surface area contributed by atoms with Gasteiger partial charge in [-0.05, 0) is 59.7 Å². The summed E-state index contributed by atoms with van der Waals surface area (Å²) in [6.45, 7) is 5.29. The highest BCUT2D eigenvalue weighted by Crippen LogP contribution is 2.26. The van der Waals surface area contributed by atoms with Crippen molar-refractivity contribution in [2.45, 2.75) is 13.2 Å². The van der Waals surface area contributed by atoms with Gasteiger partial charge in [0.2, 0.25) is 0 Å². The molecule has 0 spiro atoms. The number of benzene rings is 4. The summed E-state index contributed by atoms with van der Waals surface area (Å²) in [6.07, 6.45) is 0. The van der Waals surface area contributed by atoms with Gasteiger partial charge in [-0.15, -0.1) is 0 Å². The lowest BCUT2D eigenvalue weighted by atomic mass is 10.2. The fourth-order valence-corrected chi connectivity index (χ4v) is 6.52. The predicted molar refractivity (Wildman–Crippen MR) is 242 cm³/mol. The van der Waals surface area contributed by atoms with Gasteiger partial charge in [0.25, 0.3) is 0 Å². The molecule has 7 rings (SSSR count). The molecular formula is C50H54N2O14. The van der Waals surface area contributed by atoms with Crippen LogP contribution in [-0.4, -0.2) is 128 Å². The number of aromatic nitrogens is 2. The van der Waals surface area contributed by atoms with E-state index >= 15 is 0 Å². The highest BCUT2D eigenvalue weighted by atomic mass is 16.6. The molecule has 4 bridgehead atoms. The van der Waals surface area contributed by atoms with Crippen molar-refractivity contribution in [1.82, 2.24) is 9.97 Å². The number of fused-ring (bicyclic) bond motifs is 6. The summed E-state index contributed by atoms with van der Waals surface area (Å²) in [5.74, 6) is 1.04. The number of esters is 2. The van der Waals surface area contributed by atoms with E-state index in [1.165, 1.54) is 0 Å².